The Hall–Kier alpha value is -2.41. The highest BCUT2D eigenvalue weighted by molar-refractivity contribution is 7.98. The molecule has 0 aromatic carbocycles. The normalized spacial score (nSPS) is 14.9. The molecule has 1 fully saturated rings. The van der Waals surface area contributed by atoms with Gasteiger partial charge in [-0.1, -0.05) is 6.07 Å². The molecule has 0 radical (unpaired) electrons. The molecule has 136 valence electrons. The SMILES string of the molecule is CSc1ncccc1C(=O)N1CCC(CNC(=O)c2ccccn2)CC1. The topological polar surface area (TPSA) is 75.2 Å². The number of nitrogens with zero attached hydrogens (tertiary/aromatic N) is 3. The Labute approximate surface area is 157 Å². The summed E-state index contributed by atoms with van der Waals surface area (Å²) in [5.41, 5.74) is 1.10. The van der Waals surface area contributed by atoms with Crippen molar-refractivity contribution in [1.29, 1.82) is 0 Å². The Morgan fingerprint density at radius 2 is 1.92 bits per heavy atom. The van der Waals surface area contributed by atoms with E-state index in [1.165, 1.54) is 11.8 Å². The van der Waals surface area contributed by atoms with Crippen LogP contribution in [0.25, 0.3) is 0 Å². The Balaban J connectivity index is 1.50. The number of rotatable bonds is 5. The first-order valence-electron chi connectivity index (χ1n) is 8.66. The molecule has 0 atom stereocenters. The highest BCUT2D eigenvalue weighted by Crippen LogP contribution is 2.22. The number of hydrogen-bond acceptors (Lipinski definition) is 5. The number of amides is 2. The summed E-state index contributed by atoms with van der Waals surface area (Å²) in [4.78, 5) is 35.0. The molecular weight excluding hydrogens is 348 g/mol. The minimum absolute atomic E-state index is 0.0402. The van der Waals surface area contributed by atoms with Gasteiger partial charge in [-0.25, -0.2) is 4.98 Å². The Bertz CT molecular complexity index is 761. The van der Waals surface area contributed by atoms with E-state index in [0.717, 1.165) is 17.9 Å². The second-order valence-electron chi connectivity index (χ2n) is 6.22. The second kappa shape index (κ2) is 8.80. The zero-order chi connectivity index (χ0) is 18.4. The third-order valence-electron chi connectivity index (χ3n) is 4.55. The molecule has 2 aromatic rings. The minimum Gasteiger partial charge on any atom is -0.350 e. The summed E-state index contributed by atoms with van der Waals surface area (Å²) in [6.45, 7) is 2.01. The van der Waals surface area contributed by atoms with Gasteiger partial charge in [0.05, 0.1) is 5.56 Å². The number of aromatic nitrogens is 2. The number of hydrogen-bond donors (Lipinski definition) is 1. The lowest BCUT2D eigenvalue weighted by molar-refractivity contribution is 0.0680. The third kappa shape index (κ3) is 4.40. The van der Waals surface area contributed by atoms with Gasteiger partial charge in [0, 0.05) is 32.0 Å². The summed E-state index contributed by atoms with van der Waals surface area (Å²) in [7, 11) is 0. The van der Waals surface area contributed by atoms with Crippen molar-refractivity contribution in [3.8, 4) is 0 Å². The van der Waals surface area contributed by atoms with E-state index in [4.69, 9.17) is 0 Å². The molecule has 1 aliphatic heterocycles. The standard InChI is InChI=1S/C19H22N4O2S/c1-26-18-15(5-4-10-21-18)19(25)23-11-7-14(8-12-23)13-22-17(24)16-6-2-3-9-20-16/h2-6,9-10,14H,7-8,11-13H2,1H3,(H,22,24). The maximum atomic E-state index is 12.7. The van der Waals surface area contributed by atoms with Crippen molar-refractivity contribution in [1.82, 2.24) is 20.2 Å². The fourth-order valence-electron chi connectivity index (χ4n) is 3.05. The summed E-state index contributed by atoms with van der Waals surface area (Å²) < 4.78 is 0. The van der Waals surface area contributed by atoms with Gasteiger partial charge in [0.2, 0.25) is 0 Å². The highest BCUT2D eigenvalue weighted by Gasteiger charge is 2.25. The van der Waals surface area contributed by atoms with Crippen LogP contribution in [0.2, 0.25) is 0 Å². The average Bonchev–Trinajstić information content (AvgIpc) is 2.72. The Kier molecular flexibility index (Phi) is 6.22. The lowest BCUT2D eigenvalue weighted by atomic mass is 9.96. The van der Waals surface area contributed by atoms with Crippen LogP contribution >= 0.6 is 11.8 Å². The predicted molar refractivity (Wildman–Crippen MR) is 101 cm³/mol. The summed E-state index contributed by atoms with van der Waals surface area (Å²) in [6.07, 6.45) is 7.00. The molecule has 2 amide bonds. The van der Waals surface area contributed by atoms with E-state index in [2.05, 4.69) is 15.3 Å². The number of piperidine rings is 1. The molecule has 0 aliphatic carbocycles. The van der Waals surface area contributed by atoms with Crippen LogP contribution in [0.1, 0.15) is 33.7 Å². The van der Waals surface area contributed by atoms with Crippen LogP contribution in [0.15, 0.2) is 47.8 Å². The van der Waals surface area contributed by atoms with Crippen LogP contribution < -0.4 is 5.32 Å². The fourth-order valence-corrected chi connectivity index (χ4v) is 3.59. The molecule has 0 unspecified atom stereocenters. The maximum absolute atomic E-state index is 12.7. The summed E-state index contributed by atoms with van der Waals surface area (Å²) in [6, 6.07) is 8.92. The van der Waals surface area contributed by atoms with Crippen molar-refractivity contribution in [3.05, 3.63) is 54.0 Å². The van der Waals surface area contributed by atoms with Crippen molar-refractivity contribution >= 4 is 23.6 Å². The van der Waals surface area contributed by atoms with Crippen LogP contribution in [0, 0.1) is 5.92 Å². The first-order chi connectivity index (χ1) is 12.7. The van der Waals surface area contributed by atoms with E-state index < -0.39 is 0 Å². The van der Waals surface area contributed by atoms with Crippen molar-refractivity contribution < 1.29 is 9.59 Å². The van der Waals surface area contributed by atoms with E-state index in [1.807, 2.05) is 17.2 Å². The van der Waals surface area contributed by atoms with E-state index >= 15 is 0 Å². The van der Waals surface area contributed by atoms with Crippen molar-refractivity contribution in [2.75, 3.05) is 25.9 Å². The molecule has 0 spiro atoms. The van der Waals surface area contributed by atoms with Gasteiger partial charge in [-0.3, -0.25) is 14.6 Å². The predicted octanol–water partition coefficient (Wildman–Crippen LogP) is 2.48. The van der Waals surface area contributed by atoms with Crippen molar-refractivity contribution in [2.45, 2.75) is 17.9 Å². The average molecular weight is 370 g/mol. The number of nitrogens with one attached hydrogen (secondary N) is 1. The Morgan fingerprint density at radius 1 is 1.15 bits per heavy atom. The van der Waals surface area contributed by atoms with Gasteiger partial charge in [0.25, 0.3) is 11.8 Å². The van der Waals surface area contributed by atoms with Crippen molar-refractivity contribution in [3.63, 3.8) is 0 Å². The summed E-state index contributed by atoms with van der Waals surface area (Å²) >= 11 is 1.49. The van der Waals surface area contributed by atoms with Crippen molar-refractivity contribution in [2.24, 2.45) is 5.92 Å². The molecule has 7 heteroatoms. The number of carbonyl (C=O) groups is 2. The molecule has 0 saturated carbocycles. The molecule has 1 aliphatic rings. The second-order valence-corrected chi connectivity index (χ2v) is 7.02. The van der Waals surface area contributed by atoms with Gasteiger partial charge in [-0.05, 0) is 49.3 Å². The smallest absolute Gasteiger partial charge is 0.269 e. The van der Waals surface area contributed by atoms with Gasteiger partial charge in [-0.2, -0.15) is 0 Å². The first kappa shape index (κ1) is 18.4. The van der Waals surface area contributed by atoms with Crippen LogP contribution in [-0.2, 0) is 0 Å². The number of pyridine rings is 2. The zero-order valence-electron chi connectivity index (χ0n) is 14.7. The molecule has 26 heavy (non-hydrogen) atoms. The van der Waals surface area contributed by atoms with Gasteiger partial charge in [0.1, 0.15) is 10.7 Å². The van der Waals surface area contributed by atoms with Crippen LogP contribution in [-0.4, -0.2) is 52.6 Å². The molecule has 1 saturated heterocycles. The Morgan fingerprint density at radius 3 is 2.62 bits per heavy atom. The summed E-state index contributed by atoms with van der Waals surface area (Å²) in [5.74, 6) is 0.267. The molecule has 3 rings (SSSR count). The van der Waals surface area contributed by atoms with Gasteiger partial charge in [-0.15, -0.1) is 11.8 Å². The van der Waals surface area contributed by atoms with Crippen LogP contribution in [0.3, 0.4) is 0 Å². The van der Waals surface area contributed by atoms with Crippen LogP contribution in [0.5, 0.6) is 0 Å². The molecule has 3 heterocycles. The lowest BCUT2D eigenvalue weighted by Crippen LogP contribution is -2.41. The molecule has 1 N–H and O–H groups in total. The number of carbonyl (C=O) groups excluding carboxylic acids is 2. The van der Waals surface area contributed by atoms with E-state index in [-0.39, 0.29) is 11.8 Å². The number of likely N-dealkylation sites (tertiary alicyclic amines) is 1. The molecule has 0 bridgehead atoms. The monoisotopic (exact) mass is 370 g/mol. The first-order valence-corrected chi connectivity index (χ1v) is 9.89. The quantitative estimate of drug-likeness (QED) is 0.819. The summed E-state index contributed by atoms with van der Waals surface area (Å²) in [5, 5.41) is 3.71. The van der Waals surface area contributed by atoms with E-state index in [1.54, 1.807) is 36.7 Å². The molecule has 2 aromatic heterocycles. The van der Waals surface area contributed by atoms with Crippen LogP contribution in [0.4, 0.5) is 0 Å². The zero-order valence-corrected chi connectivity index (χ0v) is 15.5. The number of thioether (sulfide) groups is 1. The molecule has 6 nitrogen and oxygen atoms in total. The van der Waals surface area contributed by atoms with Gasteiger partial charge >= 0.3 is 0 Å². The minimum atomic E-state index is -0.149. The molecular formula is C19H22N4O2S. The largest absolute Gasteiger partial charge is 0.350 e. The van der Waals surface area contributed by atoms with Gasteiger partial charge in [0.15, 0.2) is 0 Å². The highest BCUT2D eigenvalue weighted by atomic mass is 32.2. The van der Waals surface area contributed by atoms with E-state index in [9.17, 15) is 9.59 Å². The third-order valence-corrected chi connectivity index (χ3v) is 5.26. The fraction of sp³-hybridized carbons (Fsp3) is 0.368. The maximum Gasteiger partial charge on any atom is 0.269 e. The lowest BCUT2D eigenvalue weighted by Gasteiger charge is -2.32. The van der Waals surface area contributed by atoms with E-state index in [0.29, 0.717) is 36.8 Å². The van der Waals surface area contributed by atoms with Gasteiger partial charge < -0.3 is 10.2 Å².